The van der Waals surface area contributed by atoms with E-state index in [0.29, 0.717) is 23.4 Å². The van der Waals surface area contributed by atoms with Gasteiger partial charge in [-0.3, -0.25) is 9.59 Å². The van der Waals surface area contributed by atoms with E-state index in [-0.39, 0.29) is 11.7 Å². The molecule has 0 aliphatic carbocycles. The highest BCUT2D eigenvalue weighted by Gasteiger charge is 2.32. The van der Waals surface area contributed by atoms with Crippen LogP contribution in [0.1, 0.15) is 44.0 Å². The highest BCUT2D eigenvalue weighted by atomic mass is 19.1. The summed E-state index contributed by atoms with van der Waals surface area (Å²) in [5, 5.41) is 2.73. The largest absolute Gasteiger partial charge is 0.476 e. The lowest BCUT2D eigenvalue weighted by Gasteiger charge is -2.24. The van der Waals surface area contributed by atoms with Gasteiger partial charge in [-0.1, -0.05) is 6.92 Å². The quantitative estimate of drug-likeness (QED) is 0.504. The number of amides is 1. The van der Waals surface area contributed by atoms with Crippen molar-refractivity contribution < 1.29 is 28.2 Å². The molecule has 0 aromatic heterocycles. The van der Waals surface area contributed by atoms with Crippen LogP contribution < -0.4 is 10.1 Å². The van der Waals surface area contributed by atoms with E-state index < -0.39 is 24.0 Å². The molecule has 0 spiro atoms. The summed E-state index contributed by atoms with van der Waals surface area (Å²) in [6, 6.07) is 11.6. The summed E-state index contributed by atoms with van der Waals surface area (Å²) >= 11 is 0. The molecule has 0 aliphatic rings. The van der Waals surface area contributed by atoms with Crippen molar-refractivity contribution in [1.29, 1.82) is 0 Å². The van der Waals surface area contributed by atoms with Crippen molar-refractivity contribution in [3.05, 3.63) is 59.9 Å². The van der Waals surface area contributed by atoms with Crippen LogP contribution in [0.4, 0.5) is 10.1 Å². The molecule has 0 bridgehead atoms. The van der Waals surface area contributed by atoms with Gasteiger partial charge in [0, 0.05) is 17.7 Å². The van der Waals surface area contributed by atoms with Crippen molar-refractivity contribution in [2.24, 2.45) is 0 Å². The molecule has 7 heteroatoms. The van der Waals surface area contributed by atoms with Crippen molar-refractivity contribution in [3.8, 4) is 5.75 Å². The van der Waals surface area contributed by atoms with Gasteiger partial charge in [0.05, 0.1) is 0 Å². The molecule has 2 rings (SSSR count). The maximum atomic E-state index is 13.0. The minimum absolute atomic E-state index is 0.0936. The first-order valence-electron chi connectivity index (χ1n) is 9.26. The summed E-state index contributed by atoms with van der Waals surface area (Å²) in [6.07, 6.45) is 1.17. The molecule has 2 aromatic rings. The third-order valence-electron chi connectivity index (χ3n) is 3.98. The minimum atomic E-state index is -1.36. The van der Waals surface area contributed by atoms with E-state index in [0.717, 1.165) is 6.42 Å². The van der Waals surface area contributed by atoms with Crippen LogP contribution in [0.3, 0.4) is 0 Å². The summed E-state index contributed by atoms with van der Waals surface area (Å²) in [7, 11) is 0. The number of rotatable bonds is 9. The standard InChI is InChI=1S/C22H24FNO5/c1-4-5-20(26)24-17-10-6-15(7-11-17)19(25)14-28-21(27)22(2,3)29-18-12-8-16(23)9-13-18/h6-13H,4-5,14H2,1-3H3,(H,24,26). The van der Waals surface area contributed by atoms with E-state index >= 15 is 0 Å². The van der Waals surface area contributed by atoms with Crippen LogP contribution in [0.2, 0.25) is 0 Å². The maximum absolute atomic E-state index is 13.0. The lowest BCUT2D eigenvalue weighted by Crippen LogP contribution is -2.40. The van der Waals surface area contributed by atoms with Gasteiger partial charge in [-0.05, 0) is 68.8 Å². The number of halogens is 1. The molecule has 0 saturated carbocycles. The summed E-state index contributed by atoms with van der Waals surface area (Å²) in [4.78, 5) is 36.1. The summed E-state index contributed by atoms with van der Waals surface area (Å²) in [5.74, 6) is -1.32. The van der Waals surface area contributed by atoms with Crippen LogP contribution in [0.5, 0.6) is 5.75 Å². The molecule has 2 aromatic carbocycles. The van der Waals surface area contributed by atoms with Crippen molar-refractivity contribution >= 4 is 23.3 Å². The molecule has 1 N–H and O–H groups in total. The first kappa shape index (κ1) is 22.1. The van der Waals surface area contributed by atoms with Crippen LogP contribution in [0.15, 0.2) is 48.5 Å². The number of Topliss-reactive ketones (excluding diaryl/α,β-unsaturated/α-hetero) is 1. The molecular weight excluding hydrogens is 377 g/mol. The molecule has 0 fully saturated rings. The molecule has 0 atom stereocenters. The second-order valence-electron chi connectivity index (χ2n) is 6.94. The number of carbonyl (C=O) groups is 3. The highest BCUT2D eigenvalue weighted by molar-refractivity contribution is 5.99. The van der Waals surface area contributed by atoms with Gasteiger partial charge < -0.3 is 14.8 Å². The van der Waals surface area contributed by atoms with Crippen LogP contribution in [0, 0.1) is 5.82 Å². The summed E-state index contributed by atoms with van der Waals surface area (Å²) in [6.45, 7) is 4.46. The van der Waals surface area contributed by atoms with Gasteiger partial charge in [-0.25, -0.2) is 9.18 Å². The van der Waals surface area contributed by atoms with Gasteiger partial charge in [0.25, 0.3) is 0 Å². The number of benzene rings is 2. The number of esters is 1. The Morgan fingerprint density at radius 2 is 1.62 bits per heavy atom. The minimum Gasteiger partial charge on any atom is -0.476 e. The first-order chi connectivity index (χ1) is 13.7. The predicted molar refractivity (Wildman–Crippen MR) is 106 cm³/mol. The number of nitrogens with one attached hydrogen (secondary N) is 1. The fourth-order valence-corrected chi connectivity index (χ4v) is 2.42. The monoisotopic (exact) mass is 401 g/mol. The number of carbonyl (C=O) groups excluding carboxylic acids is 3. The fourth-order valence-electron chi connectivity index (χ4n) is 2.42. The second-order valence-corrected chi connectivity index (χ2v) is 6.94. The van der Waals surface area contributed by atoms with Crippen LogP contribution in [-0.4, -0.2) is 29.9 Å². The summed E-state index contributed by atoms with van der Waals surface area (Å²) < 4.78 is 23.6. The Bertz CT molecular complexity index is 860. The Morgan fingerprint density at radius 1 is 1.00 bits per heavy atom. The van der Waals surface area contributed by atoms with E-state index in [2.05, 4.69) is 5.32 Å². The maximum Gasteiger partial charge on any atom is 0.350 e. The first-order valence-corrected chi connectivity index (χ1v) is 9.26. The Balaban J connectivity index is 1.89. The molecule has 0 radical (unpaired) electrons. The third-order valence-corrected chi connectivity index (χ3v) is 3.98. The molecule has 1 amide bonds. The number of ether oxygens (including phenoxy) is 2. The van der Waals surface area contributed by atoms with E-state index in [4.69, 9.17) is 9.47 Å². The van der Waals surface area contributed by atoms with Crippen molar-refractivity contribution in [3.63, 3.8) is 0 Å². The Morgan fingerprint density at radius 3 is 2.21 bits per heavy atom. The van der Waals surface area contributed by atoms with E-state index in [1.165, 1.54) is 38.1 Å². The zero-order valence-electron chi connectivity index (χ0n) is 16.7. The van der Waals surface area contributed by atoms with Gasteiger partial charge in [0.1, 0.15) is 11.6 Å². The normalized spacial score (nSPS) is 10.9. The molecule has 6 nitrogen and oxygen atoms in total. The molecule has 0 aliphatic heterocycles. The average molecular weight is 401 g/mol. The number of hydrogen-bond donors (Lipinski definition) is 1. The lowest BCUT2D eigenvalue weighted by atomic mass is 10.1. The SMILES string of the molecule is CCCC(=O)Nc1ccc(C(=O)COC(=O)C(C)(C)Oc2ccc(F)cc2)cc1. The molecule has 0 heterocycles. The van der Waals surface area contributed by atoms with E-state index in [1.54, 1.807) is 24.3 Å². The van der Waals surface area contributed by atoms with Crippen molar-refractivity contribution in [2.45, 2.75) is 39.2 Å². The highest BCUT2D eigenvalue weighted by Crippen LogP contribution is 2.20. The Kier molecular flexibility index (Phi) is 7.47. The van der Waals surface area contributed by atoms with Crippen LogP contribution >= 0.6 is 0 Å². The lowest BCUT2D eigenvalue weighted by molar-refractivity contribution is -0.158. The zero-order chi connectivity index (χ0) is 21.4. The average Bonchev–Trinajstić information content (AvgIpc) is 2.68. The van der Waals surface area contributed by atoms with Gasteiger partial charge in [0.2, 0.25) is 5.91 Å². The molecule has 154 valence electrons. The van der Waals surface area contributed by atoms with E-state index in [9.17, 15) is 18.8 Å². The van der Waals surface area contributed by atoms with E-state index in [1.807, 2.05) is 6.92 Å². The van der Waals surface area contributed by atoms with Crippen LogP contribution in [-0.2, 0) is 14.3 Å². The van der Waals surface area contributed by atoms with Gasteiger partial charge in [0.15, 0.2) is 18.0 Å². The van der Waals surface area contributed by atoms with Crippen LogP contribution in [0.25, 0.3) is 0 Å². The van der Waals surface area contributed by atoms with Gasteiger partial charge >= 0.3 is 5.97 Å². The smallest absolute Gasteiger partial charge is 0.350 e. The van der Waals surface area contributed by atoms with Crippen molar-refractivity contribution in [2.75, 3.05) is 11.9 Å². The Labute approximate surface area is 169 Å². The number of ketones is 1. The molecule has 0 unspecified atom stereocenters. The number of anilines is 1. The van der Waals surface area contributed by atoms with Gasteiger partial charge in [-0.2, -0.15) is 0 Å². The number of hydrogen-bond acceptors (Lipinski definition) is 5. The summed E-state index contributed by atoms with van der Waals surface area (Å²) in [5.41, 5.74) is -0.416. The second kappa shape index (κ2) is 9.82. The van der Waals surface area contributed by atoms with Crippen molar-refractivity contribution in [1.82, 2.24) is 0 Å². The molecule has 0 saturated heterocycles. The fraction of sp³-hybridized carbons (Fsp3) is 0.318. The molecular formula is C22H24FNO5. The molecule has 29 heavy (non-hydrogen) atoms. The third kappa shape index (κ3) is 6.71. The topological polar surface area (TPSA) is 81.7 Å². The zero-order valence-corrected chi connectivity index (χ0v) is 16.7. The van der Waals surface area contributed by atoms with Gasteiger partial charge in [-0.15, -0.1) is 0 Å². The Hall–Kier alpha value is -3.22. The predicted octanol–water partition coefficient (Wildman–Crippen LogP) is 4.15.